The van der Waals surface area contributed by atoms with Crippen LogP contribution < -0.4 is 9.80 Å². The van der Waals surface area contributed by atoms with Crippen molar-refractivity contribution in [3.05, 3.63) is 63.5 Å². The van der Waals surface area contributed by atoms with Crippen LogP contribution in [-0.2, 0) is 4.79 Å². The van der Waals surface area contributed by atoms with Crippen molar-refractivity contribution in [1.82, 2.24) is 0 Å². The zero-order valence-corrected chi connectivity index (χ0v) is 16.4. The van der Waals surface area contributed by atoms with Gasteiger partial charge >= 0.3 is 0 Å². The SMILES string of the molecule is CN(C)c1ccc(C=C2SC(=S)N(c3ccc(Br)cc3)C2=O)cc1. The third-order valence-corrected chi connectivity index (χ3v) is 5.42. The Hall–Kier alpha value is -1.63. The van der Waals surface area contributed by atoms with Crippen LogP contribution in [0, 0.1) is 0 Å². The summed E-state index contributed by atoms with van der Waals surface area (Å²) >= 11 is 10.1. The van der Waals surface area contributed by atoms with Gasteiger partial charge in [0.05, 0.1) is 10.6 Å². The minimum absolute atomic E-state index is 0.0796. The van der Waals surface area contributed by atoms with Crippen molar-refractivity contribution in [2.24, 2.45) is 0 Å². The summed E-state index contributed by atoms with van der Waals surface area (Å²) < 4.78 is 1.52. The largest absolute Gasteiger partial charge is 0.378 e. The van der Waals surface area contributed by atoms with Gasteiger partial charge in [0.2, 0.25) is 0 Å². The van der Waals surface area contributed by atoms with Crippen LogP contribution in [0.25, 0.3) is 6.08 Å². The van der Waals surface area contributed by atoms with Crippen LogP contribution >= 0.6 is 39.9 Å². The molecule has 0 N–H and O–H groups in total. The number of anilines is 2. The molecule has 1 aliphatic rings. The molecule has 1 saturated heterocycles. The van der Waals surface area contributed by atoms with E-state index in [9.17, 15) is 4.79 Å². The molecule has 122 valence electrons. The summed E-state index contributed by atoms with van der Waals surface area (Å²) in [6.07, 6.45) is 1.89. The van der Waals surface area contributed by atoms with Crippen molar-refractivity contribution in [2.45, 2.75) is 0 Å². The van der Waals surface area contributed by atoms with Crippen molar-refractivity contribution < 1.29 is 4.79 Å². The minimum Gasteiger partial charge on any atom is -0.378 e. The quantitative estimate of drug-likeness (QED) is 0.521. The van der Waals surface area contributed by atoms with Crippen LogP contribution in [0.3, 0.4) is 0 Å². The third kappa shape index (κ3) is 3.55. The van der Waals surface area contributed by atoms with Gasteiger partial charge in [0, 0.05) is 24.3 Å². The van der Waals surface area contributed by atoms with E-state index in [0.717, 1.165) is 21.4 Å². The maximum absolute atomic E-state index is 12.7. The van der Waals surface area contributed by atoms with Gasteiger partial charge in [0.15, 0.2) is 4.32 Å². The second kappa shape index (κ2) is 7.09. The van der Waals surface area contributed by atoms with Crippen molar-refractivity contribution in [2.75, 3.05) is 23.9 Å². The first-order chi connectivity index (χ1) is 11.5. The Morgan fingerprint density at radius 1 is 1.08 bits per heavy atom. The molecule has 0 atom stereocenters. The lowest BCUT2D eigenvalue weighted by molar-refractivity contribution is -0.113. The van der Waals surface area contributed by atoms with Crippen molar-refractivity contribution in [3.8, 4) is 0 Å². The van der Waals surface area contributed by atoms with Gasteiger partial charge in [-0.15, -0.1) is 0 Å². The average Bonchev–Trinajstić information content (AvgIpc) is 2.83. The number of amides is 1. The number of hydrogen-bond acceptors (Lipinski definition) is 4. The molecule has 2 aromatic carbocycles. The second-order valence-corrected chi connectivity index (χ2v) is 8.07. The standard InChI is InChI=1S/C18H15BrN2OS2/c1-20(2)14-7-3-12(4-8-14)11-16-17(22)21(18(23)24-16)15-9-5-13(19)6-10-15/h3-11H,1-2H3. The summed E-state index contributed by atoms with van der Waals surface area (Å²) in [4.78, 5) is 17.0. The average molecular weight is 419 g/mol. The van der Waals surface area contributed by atoms with Crippen LogP contribution in [0.5, 0.6) is 0 Å². The Bertz CT molecular complexity index is 814. The summed E-state index contributed by atoms with van der Waals surface area (Å²) in [5, 5.41) is 0. The van der Waals surface area contributed by atoms with Crippen molar-refractivity contribution in [1.29, 1.82) is 0 Å². The molecule has 3 nitrogen and oxygen atoms in total. The molecule has 0 radical (unpaired) electrons. The predicted octanol–water partition coefficient (Wildman–Crippen LogP) is 4.92. The van der Waals surface area contributed by atoms with Crippen LogP contribution in [-0.4, -0.2) is 24.3 Å². The van der Waals surface area contributed by atoms with Gasteiger partial charge in [0.1, 0.15) is 0 Å². The highest BCUT2D eigenvalue weighted by molar-refractivity contribution is 9.10. The monoisotopic (exact) mass is 418 g/mol. The summed E-state index contributed by atoms with van der Waals surface area (Å²) in [5.41, 5.74) is 2.89. The van der Waals surface area contributed by atoms with E-state index in [2.05, 4.69) is 15.9 Å². The van der Waals surface area contributed by atoms with E-state index < -0.39 is 0 Å². The molecule has 1 fully saturated rings. The molecule has 0 saturated carbocycles. The smallest absolute Gasteiger partial charge is 0.270 e. The summed E-state index contributed by atoms with van der Waals surface area (Å²) in [6.45, 7) is 0. The molecule has 1 heterocycles. The first-order valence-corrected chi connectivity index (χ1v) is 9.28. The molecule has 0 unspecified atom stereocenters. The van der Waals surface area contributed by atoms with Gasteiger partial charge in [-0.1, -0.05) is 52.0 Å². The zero-order chi connectivity index (χ0) is 17.3. The molecular formula is C18H15BrN2OS2. The maximum Gasteiger partial charge on any atom is 0.270 e. The van der Waals surface area contributed by atoms with Crippen LogP contribution in [0.2, 0.25) is 0 Å². The second-order valence-electron chi connectivity index (χ2n) is 5.48. The molecule has 3 rings (SSSR count). The van der Waals surface area contributed by atoms with E-state index in [-0.39, 0.29) is 5.91 Å². The lowest BCUT2D eigenvalue weighted by Gasteiger charge is -2.14. The third-order valence-electron chi connectivity index (χ3n) is 3.59. The number of thiocarbonyl (C=S) groups is 1. The fourth-order valence-corrected chi connectivity index (χ4v) is 3.86. The molecule has 1 aliphatic heterocycles. The van der Waals surface area contributed by atoms with Crippen molar-refractivity contribution >= 4 is 67.6 Å². The van der Waals surface area contributed by atoms with Gasteiger partial charge in [-0.05, 0) is 48.0 Å². The molecule has 0 bridgehead atoms. The fraction of sp³-hybridized carbons (Fsp3) is 0.111. The molecule has 0 aliphatic carbocycles. The van der Waals surface area contributed by atoms with E-state index in [1.165, 1.54) is 11.8 Å². The Labute approximate surface area is 159 Å². The number of hydrogen-bond donors (Lipinski definition) is 0. The highest BCUT2D eigenvalue weighted by Crippen LogP contribution is 2.36. The predicted molar refractivity (Wildman–Crippen MR) is 111 cm³/mol. The van der Waals surface area contributed by atoms with Gasteiger partial charge < -0.3 is 4.90 Å². The highest BCUT2D eigenvalue weighted by atomic mass is 79.9. The Kier molecular flexibility index (Phi) is 5.08. The van der Waals surface area contributed by atoms with Crippen LogP contribution in [0.15, 0.2) is 57.9 Å². The van der Waals surface area contributed by atoms with Gasteiger partial charge in [-0.25, -0.2) is 0 Å². The number of carbonyl (C=O) groups excluding carboxylic acids is 1. The van der Waals surface area contributed by atoms with E-state index >= 15 is 0 Å². The number of carbonyl (C=O) groups is 1. The van der Waals surface area contributed by atoms with Gasteiger partial charge in [-0.3, -0.25) is 9.69 Å². The number of nitrogens with zero attached hydrogens (tertiary/aromatic N) is 2. The number of thioether (sulfide) groups is 1. The lowest BCUT2D eigenvalue weighted by Crippen LogP contribution is -2.27. The molecule has 0 aromatic heterocycles. The molecule has 1 amide bonds. The molecule has 0 spiro atoms. The summed E-state index contributed by atoms with van der Waals surface area (Å²) in [6, 6.07) is 15.6. The zero-order valence-electron chi connectivity index (χ0n) is 13.2. The number of rotatable bonds is 3. The van der Waals surface area contributed by atoms with E-state index in [1.807, 2.05) is 73.6 Å². The van der Waals surface area contributed by atoms with Crippen LogP contribution in [0.4, 0.5) is 11.4 Å². The maximum atomic E-state index is 12.7. The topological polar surface area (TPSA) is 23.6 Å². The molecule has 6 heteroatoms. The Balaban J connectivity index is 1.86. The minimum atomic E-state index is -0.0796. The van der Waals surface area contributed by atoms with Gasteiger partial charge in [-0.2, -0.15) is 0 Å². The first kappa shape index (κ1) is 17.2. The highest BCUT2D eigenvalue weighted by Gasteiger charge is 2.33. The first-order valence-electron chi connectivity index (χ1n) is 7.26. The van der Waals surface area contributed by atoms with Crippen molar-refractivity contribution in [3.63, 3.8) is 0 Å². The van der Waals surface area contributed by atoms with Gasteiger partial charge in [0.25, 0.3) is 5.91 Å². The normalized spacial score (nSPS) is 16.1. The lowest BCUT2D eigenvalue weighted by atomic mass is 10.2. The Morgan fingerprint density at radius 2 is 1.71 bits per heavy atom. The van der Waals surface area contributed by atoms with E-state index in [4.69, 9.17) is 12.2 Å². The molecular weight excluding hydrogens is 404 g/mol. The fourth-order valence-electron chi connectivity index (χ4n) is 2.30. The van der Waals surface area contributed by atoms with Crippen LogP contribution in [0.1, 0.15) is 5.56 Å². The summed E-state index contributed by atoms with van der Waals surface area (Å²) in [5.74, 6) is -0.0796. The molecule has 24 heavy (non-hydrogen) atoms. The van der Waals surface area contributed by atoms with E-state index in [1.54, 1.807) is 4.90 Å². The summed E-state index contributed by atoms with van der Waals surface area (Å²) in [7, 11) is 4.00. The van der Waals surface area contributed by atoms with E-state index in [0.29, 0.717) is 9.23 Å². The molecule has 2 aromatic rings. The number of benzene rings is 2. The Morgan fingerprint density at radius 3 is 2.29 bits per heavy atom. The number of halogens is 1.